The van der Waals surface area contributed by atoms with Crippen molar-refractivity contribution in [2.24, 2.45) is 5.73 Å². The minimum atomic E-state index is -3.19. The largest absolute Gasteiger partial charge is 0.330 e. The van der Waals surface area contributed by atoms with Gasteiger partial charge in [0.1, 0.15) is 0 Å². The second kappa shape index (κ2) is 5.55. The number of halogens is 1. The number of sulfone groups is 1. The molecule has 0 aliphatic carbocycles. The molecule has 2 aromatic rings. The van der Waals surface area contributed by atoms with Crippen LogP contribution in [0.4, 0.5) is 0 Å². The molecule has 5 heteroatoms. The molecule has 21 heavy (non-hydrogen) atoms. The average molecular weight is 366 g/mol. The van der Waals surface area contributed by atoms with Gasteiger partial charge in [0.15, 0.2) is 9.84 Å². The van der Waals surface area contributed by atoms with Crippen LogP contribution in [0.25, 0.3) is 0 Å². The highest BCUT2D eigenvalue weighted by Gasteiger charge is 2.38. The normalized spacial score (nSPS) is 21.0. The van der Waals surface area contributed by atoms with Crippen LogP contribution < -0.4 is 5.73 Å². The molecule has 0 amide bonds. The molecule has 1 heterocycles. The molecule has 110 valence electrons. The monoisotopic (exact) mass is 365 g/mol. The molecule has 0 radical (unpaired) electrons. The van der Waals surface area contributed by atoms with Crippen LogP contribution in [-0.4, -0.2) is 20.7 Å². The van der Waals surface area contributed by atoms with E-state index in [-0.39, 0.29) is 17.6 Å². The molecule has 0 aromatic heterocycles. The van der Waals surface area contributed by atoms with Crippen molar-refractivity contribution < 1.29 is 8.42 Å². The summed E-state index contributed by atoms with van der Waals surface area (Å²) >= 11 is 3.42. The van der Waals surface area contributed by atoms with Crippen LogP contribution >= 0.6 is 15.9 Å². The molecule has 2 N–H and O–H groups in total. The molecular weight excluding hydrogens is 350 g/mol. The predicted molar refractivity (Wildman–Crippen MR) is 87.2 cm³/mol. The molecule has 2 unspecified atom stereocenters. The van der Waals surface area contributed by atoms with E-state index in [9.17, 15) is 8.42 Å². The summed E-state index contributed by atoms with van der Waals surface area (Å²) in [4.78, 5) is 0.463. The topological polar surface area (TPSA) is 60.2 Å². The van der Waals surface area contributed by atoms with Crippen LogP contribution in [0.5, 0.6) is 0 Å². The molecule has 0 saturated carbocycles. The Hall–Kier alpha value is -1.17. The molecule has 0 saturated heterocycles. The Morgan fingerprint density at radius 3 is 2.48 bits per heavy atom. The molecule has 1 aliphatic rings. The van der Waals surface area contributed by atoms with Crippen LogP contribution in [-0.2, 0) is 9.84 Å². The maximum Gasteiger partial charge on any atom is 0.179 e. The summed E-state index contributed by atoms with van der Waals surface area (Å²) in [5.74, 6) is 0.0819. The van der Waals surface area contributed by atoms with E-state index in [0.29, 0.717) is 11.4 Å². The van der Waals surface area contributed by atoms with Gasteiger partial charge in [-0.05, 0) is 35.9 Å². The summed E-state index contributed by atoms with van der Waals surface area (Å²) < 4.78 is 25.6. The Morgan fingerprint density at radius 2 is 1.81 bits per heavy atom. The zero-order chi connectivity index (χ0) is 15.0. The van der Waals surface area contributed by atoms with Gasteiger partial charge in [0, 0.05) is 16.3 Å². The van der Waals surface area contributed by atoms with E-state index in [1.165, 1.54) is 0 Å². The summed E-state index contributed by atoms with van der Waals surface area (Å²) in [5, 5.41) is 0. The summed E-state index contributed by atoms with van der Waals surface area (Å²) in [6, 6.07) is 15.2. The second-order valence-electron chi connectivity index (χ2n) is 5.32. The third kappa shape index (κ3) is 2.65. The lowest BCUT2D eigenvalue weighted by Gasteiger charge is -2.22. The Morgan fingerprint density at radius 1 is 1.14 bits per heavy atom. The number of rotatable bonds is 3. The van der Waals surface area contributed by atoms with Crippen molar-refractivity contribution in [1.82, 2.24) is 0 Å². The highest BCUT2D eigenvalue weighted by atomic mass is 79.9. The van der Waals surface area contributed by atoms with Crippen molar-refractivity contribution >= 4 is 25.8 Å². The first-order chi connectivity index (χ1) is 10.0. The third-order valence-corrected chi connectivity index (χ3v) is 6.46. The SMILES string of the molecule is NCC(c1ccc(Br)cc1)C1CS(=O)(=O)c2ccccc21. The van der Waals surface area contributed by atoms with E-state index < -0.39 is 9.84 Å². The molecule has 0 bridgehead atoms. The van der Waals surface area contributed by atoms with Gasteiger partial charge in [-0.15, -0.1) is 0 Å². The standard InChI is InChI=1S/C16H16BrNO2S/c17-12-7-5-11(6-8-12)14(9-18)15-10-21(19,20)16-4-2-1-3-13(15)16/h1-8,14-15H,9-10,18H2. The van der Waals surface area contributed by atoms with Crippen molar-refractivity contribution in [1.29, 1.82) is 0 Å². The van der Waals surface area contributed by atoms with E-state index in [0.717, 1.165) is 15.6 Å². The van der Waals surface area contributed by atoms with Crippen LogP contribution in [0.1, 0.15) is 23.0 Å². The van der Waals surface area contributed by atoms with Gasteiger partial charge in [0.2, 0.25) is 0 Å². The van der Waals surface area contributed by atoms with Gasteiger partial charge in [-0.25, -0.2) is 8.42 Å². The number of hydrogen-bond acceptors (Lipinski definition) is 3. The fourth-order valence-corrected chi connectivity index (χ4v) is 5.25. The molecule has 3 nitrogen and oxygen atoms in total. The number of benzene rings is 2. The van der Waals surface area contributed by atoms with Gasteiger partial charge < -0.3 is 5.73 Å². The smallest absolute Gasteiger partial charge is 0.179 e. The summed E-state index contributed by atoms with van der Waals surface area (Å²) in [7, 11) is -3.19. The molecule has 3 rings (SSSR count). The number of hydrogen-bond donors (Lipinski definition) is 1. The van der Waals surface area contributed by atoms with Crippen LogP contribution in [0, 0.1) is 0 Å². The van der Waals surface area contributed by atoms with Gasteiger partial charge in [0.25, 0.3) is 0 Å². The fraction of sp³-hybridized carbons (Fsp3) is 0.250. The van der Waals surface area contributed by atoms with E-state index >= 15 is 0 Å². The summed E-state index contributed by atoms with van der Waals surface area (Å²) in [6.07, 6.45) is 0. The lowest BCUT2D eigenvalue weighted by atomic mass is 9.83. The minimum Gasteiger partial charge on any atom is -0.330 e. The lowest BCUT2D eigenvalue weighted by Crippen LogP contribution is -2.21. The van der Waals surface area contributed by atoms with Crippen molar-refractivity contribution in [3.05, 3.63) is 64.1 Å². The summed E-state index contributed by atoms with van der Waals surface area (Å²) in [5.41, 5.74) is 7.94. The van der Waals surface area contributed by atoms with Crippen LogP contribution in [0.3, 0.4) is 0 Å². The zero-order valence-corrected chi connectivity index (χ0v) is 13.8. The van der Waals surface area contributed by atoms with Crippen LogP contribution in [0.2, 0.25) is 0 Å². The lowest BCUT2D eigenvalue weighted by molar-refractivity contribution is 0.573. The molecule has 1 aliphatic heterocycles. The van der Waals surface area contributed by atoms with Gasteiger partial charge in [-0.2, -0.15) is 0 Å². The first-order valence-corrected chi connectivity index (χ1v) is 9.24. The molecular formula is C16H16BrNO2S. The summed E-state index contributed by atoms with van der Waals surface area (Å²) in [6.45, 7) is 0.427. The highest BCUT2D eigenvalue weighted by molar-refractivity contribution is 9.10. The van der Waals surface area contributed by atoms with E-state index in [1.807, 2.05) is 36.4 Å². The van der Waals surface area contributed by atoms with Gasteiger partial charge >= 0.3 is 0 Å². The van der Waals surface area contributed by atoms with Gasteiger partial charge in [-0.1, -0.05) is 46.3 Å². The van der Waals surface area contributed by atoms with Crippen molar-refractivity contribution in [2.75, 3.05) is 12.3 Å². The van der Waals surface area contributed by atoms with Crippen molar-refractivity contribution in [3.63, 3.8) is 0 Å². The third-order valence-electron chi connectivity index (χ3n) is 4.09. The Balaban J connectivity index is 2.05. The first-order valence-electron chi connectivity index (χ1n) is 6.80. The first kappa shape index (κ1) is 14.8. The number of fused-ring (bicyclic) bond motifs is 1. The molecule has 0 fully saturated rings. The highest BCUT2D eigenvalue weighted by Crippen LogP contribution is 2.43. The van der Waals surface area contributed by atoms with E-state index in [1.54, 1.807) is 12.1 Å². The zero-order valence-electron chi connectivity index (χ0n) is 11.4. The fourth-order valence-electron chi connectivity index (χ4n) is 3.06. The van der Waals surface area contributed by atoms with Crippen LogP contribution in [0.15, 0.2) is 57.9 Å². The second-order valence-corrected chi connectivity index (χ2v) is 8.24. The van der Waals surface area contributed by atoms with E-state index in [2.05, 4.69) is 15.9 Å². The van der Waals surface area contributed by atoms with Crippen molar-refractivity contribution in [3.8, 4) is 0 Å². The quantitative estimate of drug-likeness (QED) is 0.908. The van der Waals surface area contributed by atoms with Crippen molar-refractivity contribution in [2.45, 2.75) is 16.7 Å². The Kier molecular flexibility index (Phi) is 3.90. The van der Waals surface area contributed by atoms with E-state index in [4.69, 9.17) is 5.73 Å². The Bertz CT molecular complexity index is 756. The molecule has 2 atom stereocenters. The Labute approximate surface area is 133 Å². The molecule has 0 spiro atoms. The minimum absolute atomic E-state index is 0.0107. The maximum absolute atomic E-state index is 12.3. The number of nitrogens with two attached hydrogens (primary N) is 1. The van der Waals surface area contributed by atoms with Gasteiger partial charge in [-0.3, -0.25) is 0 Å². The maximum atomic E-state index is 12.3. The van der Waals surface area contributed by atoms with Gasteiger partial charge in [0.05, 0.1) is 10.6 Å². The molecule has 2 aromatic carbocycles. The average Bonchev–Trinajstić information content (AvgIpc) is 2.74. The predicted octanol–water partition coefficient (Wildman–Crippen LogP) is 3.06.